The van der Waals surface area contributed by atoms with Crippen LogP contribution in [0.5, 0.6) is 0 Å². The molecule has 1 aliphatic heterocycles. The van der Waals surface area contributed by atoms with E-state index in [0.29, 0.717) is 0 Å². The van der Waals surface area contributed by atoms with Gasteiger partial charge in [0, 0.05) is 5.56 Å². The monoisotopic (exact) mass is 303 g/mol. The number of fused-ring (bicyclic) bond motifs is 1. The second-order valence-corrected chi connectivity index (χ2v) is 10.2. The highest BCUT2D eigenvalue weighted by molar-refractivity contribution is 7.86. The van der Waals surface area contributed by atoms with E-state index in [4.69, 9.17) is 0 Å². The summed E-state index contributed by atoms with van der Waals surface area (Å²) in [5.74, 6) is 2.63. The van der Waals surface area contributed by atoms with Crippen molar-refractivity contribution in [2.75, 3.05) is 12.3 Å². The highest BCUT2D eigenvalue weighted by Gasteiger charge is 2.41. The van der Waals surface area contributed by atoms with Crippen molar-refractivity contribution < 1.29 is 0 Å². The molecule has 0 aliphatic carbocycles. The molecule has 0 aromatic heterocycles. The van der Waals surface area contributed by atoms with Crippen LogP contribution < -0.4 is 5.30 Å². The topological polar surface area (TPSA) is 0 Å². The second-order valence-electron chi connectivity index (χ2n) is 6.48. The van der Waals surface area contributed by atoms with Crippen LogP contribution in [0.4, 0.5) is 0 Å². The summed E-state index contributed by atoms with van der Waals surface area (Å²) in [4.78, 5) is 0. The summed E-state index contributed by atoms with van der Waals surface area (Å²) in [5.41, 5.74) is 1.51. The largest absolute Gasteiger partial charge is 0.106 e. The number of hydrogen-bond acceptors (Lipinski definition) is 0. The quantitative estimate of drug-likeness (QED) is 0.343. The lowest BCUT2D eigenvalue weighted by Crippen LogP contribution is -2.15. The van der Waals surface area contributed by atoms with Gasteiger partial charge in [-0.25, -0.2) is 0 Å². The zero-order valence-electron chi connectivity index (χ0n) is 14.0. The van der Waals surface area contributed by atoms with E-state index >= 15 is 0 Å². The molecule has 21 heavy (non-hydrogen) atoms. The zero-order valence-corrected chi connectivity index (χ0v) is 14.9. The SMILES string of the molecule is CCCCCC[P+]1(CCCCCC)C=Cc2ccccc21. The van der Waals surface area contributed by atoms with Gasteiger partial charge in [0.2, 0.25) is 0 Å². The Morgan fingerprint density at radius 1 is 0.762 bits per heavy atom. The van der Waals surface area contributed by atoms with Crippen LogP contribution in [0.3, 0.4) is 0 Å². The van der Waals surface area contributed by atoms with E-state index in [9.17, 15) is 0 Å². The minimum absolute atomic E-state index is 0.998. The Morgan fingerprint density at radius 3 is 2.00 bits per heavy atom. The third kappa shape index (κ3) is 4.43. The minimum atomic E-state index is -0.998. The van der Waals surface area contributed by atoms with Crippen molar-refractivity contribution in [1.29, 1.82) is 0 Å². The summed E-state index contributed by atoms with van der Waals surface area (Å²) < 4.78 is 0. The van der Waals surface area contributed by atoms with Gasteiger partial charge in [-0.1, -0.05) is 57.7 Å². The Morgan fingerprint density at radius 2 is 1.38 bits per heavy atom. The van der Waals surface area contributed by atoms with E-state index < -0.39 is 7.26 Å². The van der Waals surface area contributed by atoms with Crippen LogP contribution in [0.1, 0.15) is 70.8 Å². The molecule has 0 nitrogen and oxygen atoms in total. The van der Waals surface area contributed by atoms with Crippen molar-refractivity contribution >= 4 is 18.6 Å². The van der Waals surface area contributed by atoms with Crippen LogP contribution in [0.15, 0.2) is 30.1 Å². The molecule has 0 N–H and O–H groups in total. The Bertz CT molecular complexity index is 435. The molecule has 0 bridgehead atoms. The number of unbranched alkanes of at least 4 members (excludes halogenated alkanes) is 6. The minimum Gasteiger partial charge on any atom is -0.0654 e. The number of hydrogen-bond donors (Lipinski definition) is 0. The standard InChI is InChI=1S/C20H32P/c1-3-5-7-11-16-21(17-12-8-6-4-2)18-15-19-13-9-10-14-20(19)21/h9-10,13-15,18H,3-8,11-12,16-17H2,1-2H3/q+1. The van der Waals surface area contributed by atoms with Gasteiger partial charge in [-0.3, -0.25) is 0 Å². The predicted molar refractivity (Wildman–Crippen MR) is 100 cm³/mol. The van der Waals surface area contributed by atoms with Crippen molar-refractivity contribution in [3.8, 4) is 0 Å². The van der Waals surface area contributed by atoms with E-state index in [0.717, 1.165) is 0 Å². The molecule has 2 rings (SSSR count). The summed E-state index contributed by atoms with van der Waals surface area (Å²) in [7, 11) is -0.998. The molecule has 1 aromatic carbocycles. The molecule has 0 unspecified atom stereocenters. The molecule has 1 aliphatic rings. The molecule has 1 heteroatoms. The van der Waals surface area contributed by atoms with Gasteiger partial charge in [0.15, 0.2) is 0 Å². The van der Waals surface area contributed by atoms with E-state index in [1.165, 1.54) is 69.3 Å². The lowest BCUT2D eigenvalue weighted by molar-refractivity contribution is 0.695. The summed E-state index contributed by atoms with van der Waals surface area (Å²) in [5, 5.41) is 1.71. The third-order valence-electron chi connectivity index (χ3n) is 4.78. The first-order chi connectivity index (χ1) is 10.3. The van der Waals surface area contributed by atoms with E-state index in [-0.39, 0.29) is 0 Å². The summed E-state index contributed by atoms with van der Waals surface area (Å²) in [6.07, 6.45) is 16.5. The van der Waals surface area contributed by atoms with Crippen molar-refractivity contribution in [2.24, 2.45) is 0 Å². The van der Waals surface area contributed by atoms with E-state index in [1.54, 1.807) is 5.30 Å². The van der Waals surface area contributed by atoms with Gasteiger partial charge in [-0.2, -0.15) is 0 Å². The molecule has 0 saturated carbocycles. The molecule has 1 heterocycles. The summed E-state index contributed by atoms with van der Waals surface area (Å²) in [6, 6.07) is 9.17. The molecule has 0 spiro atoms. The maximum absolute atomic E-state index is 2.63. The molecule has 0 radical (unpaired) electrons. The van der Waals surface area contributed by atoms with Crippen LogP contribution >= 0.6 is 7.26 Å². The van der Waals surface area contributed by atoms with Gasteiger partial charge in [-0.05, 0) is 37.8 Å². The average Bonchev–Trinajstić information content (AvgIpc) is 2.88. The maximum atomic E-state index is 2.63. The normalized spacial score (nSPS) is 15.3. The maximum Gasteiger partial charge on any atom is 0.106 e. The molecule has 0 fully saturated rings. The predicted octanol–water partition coefficient (Wildman–Crippen LogP) is 6.47. The second kappa shape index (κ2) is 8.74. The fourth-order valence-corrected chi connectivity index (χ4v) is 7.71. The fourth-order valence-electron chi connectivity index (χ4n) is 3.48. The van der Waals surface area contributed by atoms with E-state index in [1.807, 2.05) is 0 Å². The highest BCUT2D eigenvalue weighted by atomic mass is 31.2. The van der Waals surface area contributed by atoms with Crippen molar-refractivity contribution in [1.82, 2.24) is 0 Å². The van der Waals surface area contributed by atoms with Crippen LogP contribution in [0, 0.1) is 0 Å². The van der Waals surface area contributed by atoms with Crippen molar-refractivity contribution in [3.63, 3.8) is 0 Å². The lowest BCUT2D eigenvalue weighted by atomic mass is 10.2. The Balaban J connectivity index is 2.03. The number of benzene rings is 1. The van der Waals surface area contributed by atoms with Gasteiger partial charge in [0.1, 0.15) is 5.30 Å². The summed E-state index contributed by atoms with van der Waals surface area (Å²) >= 11 is 0. The van der Waals surface area contributed by atoms with E-state index in [2.05, 4.69) is 50.0 Å². The van der Waals surface area contributed by atoms with Crippen LogP contribution in [0.25, 0.3) is 6.08 Å². The van der Waals surface area contributed by atoms with Gasteiger partial charge in [-0.15, -0.1) is 0 Å². The molecule has 0 saturated heterocycles. The first-order valence-corrected chi connectivity index (χ1v) is 11.2. The molecular formula is C20H32P+. The van der Waals surface area contributed by atoms with Crippen LogP contribution in [0.2, 0.25) is 0 Å². The number of rotatable bonds is 10. The van der Waals surface area contributed by atoms with Gasteiger partial charge >= 0.3 is 0 Å². The lowest BCUT2D eigenvalue weighted by Gasteiger charge is -2.22. The molecule has 1 aromatic rings. The Kier molecular flexibility index (Phi) is 6.97. The molecule has 116 valence electrons. The average molecular weight is 303 g/mol. The van der Waals surface area contributed by atoms with Gasteiger partial charge in [0.05, 0.1) is 25.4 Å². The van der Waals surface area contributed by atoms with Crippen LogP contribution in [-0.2, 0) is 0 Å². The Hall–Kier alpha value is -0.610. The molecular weight excluding hydrogens is 271 g/mol. The van der Waals surface area contributed by atoms with Gasteiger partial charge < -0.3 is 0 Å². The highest BCUT2D eigenvalue weighted by Crippen LogP contribution is 2.64. The van der Waals surface area contributed by atoms with Crippen molar-refractivity contribution in [3.05, 3.63) is 35.6 Å². The Labute approximate surface area is 132 Å². The first-order valence-electron chi connectivity index (χ1n) is 8.98. The van der Waals surface area contributed by atoms with Gasteiger partial charge in [0.25, 0.3) is 0 Å². The first kappa shape index (κ1) is 16.8. The molecule has 0 amide bonds. The van der Waals surface area contributed by atoms with Crippen LogP contribution in [-0.4, -0.2) is 12.3 Å². The summed E-state index contributed by atoms with van der Waals surface area (Å²) in [6.45, 7) is 4.61. The fraction of sp³-hybridized carbons (Fsp3) is 0.600. The smallest absolute Gasteiger partial charge is 0.0654 e. The van der Waals surface area contributed by atoms with Crippen molar-refractivity contribution in [2.45, 2.75) is 65.2 Å². The third-order valence-corrected chi connectivity index (χ3v) is 9.09. The molecule has 0 atom stereocenters. The zero-order chi connectivity index (χ0) is 15.0.